The molecule has 0 spiro atoms. The molecule has 0 aromatic heterocycles. The summed E-state index contributed by atoms with van der Waals surface area (Å²) < 4.78 is 45.3. The molecule has 0 N–H and O–H groups in total. The Bertz CT molecular complexity index is 1000. The monoisotopic (exact) mass is 432 g/mol. The molecule has 8 heteroatoms. The Kier molecular flexibility index (Phi) is 7.36. The average Bonchev–Trinajstić information content (AvgIpc) is 2.76. The number of morpholine rings is 1. The van der Waals surface area contributed by atoms with Crippen LogP contribution in [0.2, 0.25) is 0 Å². The smallest absolute Gasteiger partial charge is 0.246 e. The second-order valence-electron chi connectivity index (χ2n) is 6.90. The van der Waals surface area contributed by atoms with E-state index >= 15 is 0 Å². The number of hydrogen-bond donors (Lipinski definition) is 0. The number of amides is 1. The summed E-state index contributed by atoms with van der Waals surface area (Å²) in [6.07, 6.45) is 3.08. The van der Waals surface area contributed by atoms with Crippen molar-refractivity contribution in [3.8, 4) is 0 Å². The highest BCUT2D eigenvalue weighted by Crippen LogP contribution is 2.18. The van der Waals surface area contributed by atoms with Crippen molar-refractivity contribution in [2.24, 2.45) is 0 Å². The molecule has 3 rings (SSSR count). The lowest BCUT2D eigenvalue weighted by Crippen LogP contribution is -2.40. The number of ether oxygens (including phenoxy) is 1. The van der Waals surface area contributed by atoms with E-state index in [1.165, 1.54) is 22.5 Å². The molecule has 0 bridgehead atoms. The fourth-order valence-electron chi connectivity index (χ4n) is 3.16. The topological polar surface area (TPSA) is 66.9 Å². The van der Waals surface area contributed by atoms with E-state index in [1.807, 2.05) is 6.92 Å². The van der Waals surface area contributed by atoms with E-state index in [2.05, 4.69) is 0 Å². The third-order valence-electron chi connectivity index (χ3n) is 4.86. The first-order valence-corrected chi connectivity index (χ1v) is 11.2. The highest BCUT2D eigenvalue weighted by atomic mass is 32.2. The third-order valence-corrected chi connectivity index (χ3v) is 6.78. The van der Waals surface area contributed by atoms with Crippen LogP contribution in [0.3, 0.4) is 0 Å². The lowest BCUT2D eigenvalue weighted by atomic mass is 10.2. The molecule has 0 unspecified atom stereocenters. The van der Waals surface area contributed by atoms with Crippen LogP contribution in [0, 0.1) is 5.82 Å². The van der Waals surface area contributed by atoms with Crippen molar-refractivity contribution in [2.75, 3.05) is 32.8 Å². The Morgan fingerprint density at radius 1 is 1.17 bits per heavy atom. The average molecular weight is 433 g/mol. The molecular weight excluding hydrogens is 407 g/mol. The summed E-state index contributed by atoms with van der Waals surface area (Å²) in [6.45, 7) is 4.13. The van der Waals surface area contributed by atoms with Gasteiger partial charge in [0.1, 0.15) is 5.82 Å². The zero-order valence-corrected chi connectivity index (χ0v) is 17.6. The van der Waals surface area contributed by atoms with Crippen LogP contribution in [0.25, 0.3) is 6.08 Å². The molecule has 30 heavy (non-hydrogen) atoms. The minimum atomic E-state index is -3.54. The van der Waals surface area contributed by atoms with Crippen LogP contribution in [0.4, 0.5) is 4.39 Å². The summed E-state index contributed by atoms with van der Waals surface area (Å²) in [5.74, 6) is -0.537. The summed E-state index contributed by atoms with van der Waals surface area (Å²) in [4.78, 5) is 14.3. The van der Waals surface area contributed by atoms with Crippen LogP contribution >= 0.6 is 0 Å². The van der Waals surface area contributed by atoms with Crippen molar-refractivity contribution in [1.29, 1.82) is 0 Å². The third kappa shape index (κ3) is 5.53. The van der Waals surface area contributed by atoms with Crippen LogP contribution < -0.4 is 0 Å². The highest BCUT2D eigenvalue weighted by molar-refractivity contribution is 7.89. The second-order valence-corrected chi connectivity index (χ2v) is 8.84. The van der Waals surface area contributed by atoms with Crippen LogP contribution in [0.15, 0.2) is 59.5 Å². The van der Waals surface area contributed by atoms with Crippen LogP contribution in [0.5, 0.6) is 0 Å². The summed E-state index contributed by atoms with van der Waals surface area (Å²) in [7, 11) is -3.54. The maximum Gasteiger partial charge on any atom is 0.246 e. The van der Waals surface area contributed by atoms with Crippen molar-refractivity contribution in [2.45, 2.75) is 18.4 Å². The number of nitrogens with zero attached hydrogens (tertiary/aromatic N) is 2. The number of carbonyl (C=O) groups excluding carboxylic acids is 1. The molecule has 1 aliphatic rings. The minimum Gasteiger partial charge on any atom is -0.379 e. The molecule has 1 amide bonds. The van der Waals surface area contributed by atoms with Crippen LogP contribution in [-0.2, 0) is 26.1 Å². The number of carbonyl (C=O) groups is 1. The Morgan fingerprint density at radius 3 is 2.50 bits per heavy atom. The number of likely N-dealkylation sites (N-methyl/N-ethyl adjacent to an activating group) is 1. The van der Waals surface area contributed by atoms with Crippen molar-refractivity contribution < 1.29 is 22.3 Å². The largest absolute Gasteiger partial charge is 0.379 e. The predicted molar refractivity (Wildman–Crippen MR) is 113 cm³/mol. The Hall–Kier alpha value is -2.55. The molecule has 2 aromatic carbocycles. The fourth-order valence-corrected chi connectivity index (χ4v) is 4.57. The fraction of sp³-hybridized carbons (Fsp3) is 0.318. The van der Waals surface area contributed by atoms with E-state index in [0.29, 0.717) is 45.0 Å². The van der Waals surface area contributed by atoms with Gasteiger partial charge in [0, 0.05) is 32.3 Å². The molecule has 1 aliphatic heterocycles. The summed E-state index contributed by atoms with van der Waals surface area (Å²) in [5.41, 5.74) is 1.43. The van der Waals surface area contributed by atoms with Crippen LogP contribution in [0.1, 0.15) is 18.1 Å². The molecule has 0 radical (unpaired) electrons. The Labute approximate surface area is 176 Å². The predicted octanol–water partition coefficient (Wildman–Crippen LogP) is 2.91. The van der Waals surface area contributed by atoms with E-state index in [9.17, 15) is 17.6 Å². The van der Waals surface area contributed by atoms with E-state index in [0.717, 1.165) is 5.56 Å². The highest BCUT2D eigenvalue weighted by Gasteiger charge is 2.25. The summed E-state index contributed by atoms with van der Waals surface area (Å²) in [6, 6.07) is 12.6. The zero-order valence-electron chi connectivity index (χ0n) is 16.8. The maximum absolute atomic E-state index is 13.4. The first-order chi connectivity index (χ1) is 14.4. The quantitative estimate of drug-likeness (QED) is 0.631. The minimum absolute atomic E-state index is 0.202. The molecule has 0 aliphatic carbocycles. The van der Waals surface area contributed by atoms with Crippen molar-refractivity contribution >= 4 is 22.0 Å². The van der Waals surface area contributed by atoms with Gasteiger partial charge in [-0.2, -0.15) is 4.31 Å². The molecule has 1 heterocycles. The zero-order chi connectivity index (χ0) is 21.6. The van der Waals surface area contributed by atoms with Gasteiger partial charge in [0.05, 0.1) is 18.1 Å². The SMILES string of the molecule is CCN(Cc1cccc(F)c1)C(=O)/C=C/c1ccc(S(=O)(=O)N2CCOCC2)cc1. The van der Waals surface area contributed by atoms with Gasteiger partial charge in [-0.1, -0.05) is 24.3 Å². The van der Waals surface area contributed by atoms with Crippen molar-refractivity contribution in [1.82, 2.24) is 9.21 Å². The molecule has 160 valence electrons. The molecule has 1 fully saturated rings. The standard InChI is InChI=1S/C22H25FN2O4S/c1-2-24(17-19-4-3-5-20(23)16-19)22(26)11-8-18-6-9-21(10-7-18)30(27,28)25-12-14-29-15-13-25/h3-11,16H,2,12-15,17H2,1H3/b11-8+. The number of halogens is 1. The molecule has 0 atom stereocenters. The van der Waals surface area contributed by atoms with Crippen LogP contribution in [-0.4, -0.2) is 56.4 Å². The van der Waals surface area contributed by atoms with Gasteiger partial charge >= 0.3 is 0 Å². The van der Waals surface area contributed by atoms with Gasteiger partial charge in [0.25, 0.3) is 0 Å². The first-order valence-electron chi connectivity index (χ1n) is 9.79. The number of rotatable bonds is 7. The number of hydrogen-bond acceptors (Lipinski definition) is 4. The molecule has 6 nitrogen and oxygen atoms in total. The molecular formula is C22H25FN2O4S. The van der Waals surface area contributed by atoms with Gasteiger partial charge in [-0.05, 0) is 48.4 Å². The molecule has 0 saturated carbocycles. The van der Waals surface area contributed by atoms with Gasteiger partial charge in [0.2, 0.25) is 15.9 Å². The van der Waals surface area contributed by atoms with E-state index in [-0.39, 0.29) is 16.6 Å². The van der Waals surface area contributed by atoms with Gasteiger partial charge in [-0.25, -0.2) is 12.8 Å². The van der Waals surface area contributed by atoms with Gasteiger partial charge in [0.15, 0.2) is 0 Å². The van der Waals surface area contributed by atoms with Gasteiger partial charge in [-0.3, -0.25) is 4.79 Å². The van der Waals surface area contributed by atoms with E-state index in [4.69, 9.17) is 4.74 Å². The first kappa shape index (κ1) is 22.1. The number of sulfonamides is 1. The van der Waals surface area contributed by atoms with Crippen molar-refractivity contribution in [3.63, 3.8) is 0 Å². The lowest BCUT2D eigenvalue weighted by molar-refractivity contribution is -0.126. The Balaban J connectivity index is 1.65. The summed E-state index contributed by atoms with van der Waals surface area (Å²) in [5, 5.41) is 0. The van der Waals surface area contributed by atoms with E-state index < -0.39 is 10.0 Å². The summed E-state index contributed by atoms with van der Waals surface area (Å²) >= 11 is 0. The normalized spacial score (nSPS) is 15.4. The molecule has 2 aromatic rings. The van der Waals surface area contributed by atoms with Crippen molar-refractivity contribution in [3.05, 3.63) is 71.6 Å². The van der Waals surface area contributed by atoms with E-state index in [1.54, 1.807) is 47.4 Å². The van der Waals surface area contributed by atoms with Gasteiger partial charge in [-0.15, -0.1) is 0 Å². The van der Waals surface area contributed by atoms with Gasteiger partial charge < -0.3 is 9.64 Å². The maximum atomic E-state index is 13.4. The number of benzene rings is 2. The second kappa shape index (κ2) is 9.97. The molecule has 1 saturated heterocycles. The Morgan fingerprint density at radius 2 is 1.87 bits per heavy atom. The lowest BCUT2D eigenvalue weighted by Gasteiger charge is -2.26.